The van der Waals surface area contributed by atoms with Gasteiger partial charge in [0, 0.05) is 60.1 Å². The summed E-state index contributed by atoms with van der Waals surface area (Å²) in [6.45, 7) is 4.83. The van der Waals surface area contributed by atoms with Crippen LogP contribution in [0.25, 0.3) is 120 Å². The third-order valence-electron chi connectivity index (χ3n) is 14.4. The molecule has 2 heterocycles. The zero-order chi connectivity index (χ0) is 41.6. The monoisotopic (exact) mass is 800 g/mol. The van der Waals surface area contributed by atoms with E-state index in [4.69, 9.17) is 0 Å². The summed E-state index contributed by atoms with van der Waals surface area (Å²) in [6, 6.07) is 76.9. The van der Waals surface area contributed by atoms with Crippen molar-refractivity contribution in [3.63, 3.8) is 0 Å². The van der Waals surface area contributed by atoms with E-state index in [1.54, 1.807) is 0 Å². The standard InChI is InChI=1S/C61H40N2/c1-61(2)51-34-16-15-29-47(51)53-42-26-12-11-25-41(42)52-43(30-17-32-48(52)56(53)61)44-31-18-33-49-54-55-50-36-35-37-19-9-10-24-40(37)57(50)62(38-20-5-3-6-21-38)60(55)46-28-14-13-27-45(46)59(54)63(58(44)49)39-22-7-4-8-23-39/h3-36H,1-2H3. The lowest BCUT2D eigenvalue weighted by molar-refractivity contribution is 0.666. The minimum atomic E-state index is -0.167. The third kappa shape index (κ3) is 4.47. The second-order valence-corrected chi connectivity index (χ2v) is 17.9. The first-order valence-corrected chi connectivity index (χ1v) is 22.1. The molecule has 63 heavy (non-hydrogen) atoms. The fraction of sp³-hybridized carbons (Fsp3) is 0.0492. The van der Waals surface area contributed by atoms with Crippen molar-refractivity contribution in [2.24, 2.45) is 0 Å². The van der Waals surface area contributed by atoms with E-state index >= 15 is 0 Å². The average molecular weight is 801 g/mol. The van der Waals surface area contributed by atoms with Gasteiger partial charge in [0.05, 0.1) is 22.1 Å². The number of aromatic nitrogens is 2. The van der Waals surface area contributed by atoms with Crippen molar-refractivity contribution in [3.05, 3.63) is 217 Å². The van der Waals surface area contributed by atoms with Crippen molar-refractivity contribution >= 4 is 86.7 Å². The normalized spacial score (nSPS) is 13.4. The first-order chi connectivity index (χ1) is 31.1. The second kappa shape index (κ2) is 12.6. The van der Waals surface area contributed by atoms with Crippen LogP contribution >= 0.6 is 0 Å². The van der Waals surface area contributed by atoms with Crippen LogP contribution in [0.5, 0.6) is 0 Å². The summed E-state index contributed by atoms with van der Waals surface area (Å²) in [5.41, 5.74) is 15.1. The number of nitrogens with zero attached hydrogens (tertiary/aromatic N) is 2. The van der Waals surface area contributed by atoms with Gasteiger partial charge < -0.3 is 9.13 Å². The Kier molecular flexibility index (Phi) is 6.93. The van der Waals surface area contributed by atoms with Crippen molar-refractivity contribution < 1.29 is 0 Å². The van der Waals surface area contributed by atoms with Gasteiger partial charge in [0.25, 0.3) is 0 Å². The number of para-hydroxylation sites is 3. The number of hydrogen-bond donors (Lipinski definition) is 0. The minimum Gasteiger partial charge on any atom is -0.308 e. The molecule has 294 valence electrons. The molecule has 0 unspecified atom stereocenters. The summed E-state index contributed by atoms with van der Waals surface area (Å²) < 4.78 is 5.13. The van der Waals surface area contributed by atoms with Gasteiger partial charge in [-0.2, -0.15) is 0 Å². The van der Waals surface area contributed by atoms with Gasteiger partial charge in [-0.1, -0.05) is 196 Å². The Bertz CT molecular complexity index is 4090. The number of fused-ring (bicyclic) bond motifs is 20. The molecule has 0 atom stereocenters. The minimum absolute atomic E-state index is 0.167. The van der Waals surface area contributed by atoms with E-state index < -0.39 is 0 Å². The molecule has 0 aliphatic heterocycles. The molecule has 0 saturated heterocycles. The Labute approximate surface area is 364 Å². The van der Waals surface area contributed by atoms with Crippen LogP contribution in [0.2, 0.25) is 0 Å². The molecule has 2 heteroatoms. The highest BCUT2D eigenvalue weighted by atomic mass is 15.0. The quantitative estimate of drug-likeness (QED) is 0.158. The van der Waals surface area contributed by atoms with Crippen molar-refractivity contribution in [3.8, 4) is 33.6 Å². The highest BCUT2D eigenvalue weighted by Gasteiger charge is 2.38. The maximum Gasteiger partial charge on any atom is 0.0627 e. The lowest BCUT2D eigenvalue weighted by atomic mass is 9.78. The van der Waals surface area contributed by atoms with Crippen LogP contribution in [-0.2, 0) is 5.41 Å². The third-order valence-corrected chi connectivity index (χ3v) is 14.4. The molecular formula is C61H40N2. The highest BCUT2D eigenvalue weighted by molar-refractivity contribution is 6.39. The molecule has 0 N–H and O–H groups in total. The van der Waals surface area contributed by atoms with Gasteiger partial charge in [-0.25, -0.2) is 0 Å². The molecule has 0 saturated carbocycles. The molecular weight excluding hydrogens is 761 g/mol. The van der Waals surface area contributed by atoms with Gasteiger partial charge in [-0.3, -0.25) is 0 Å². The van der Waals surface area contributed by atoms with Gasteiger partial charge >= 0.3 is 0 Å². The van der Waals surface area contributed by atoms with E-state index in [0.29, 0.717) is 0 Å². The number of benzene rings is 11. The first-order valence-electron chi connectivity index (χ1n) is 22.1. The fourth-order valence-corrected chi connectivity index (χ4v) is 12.0. The number of rotatable bonds is 3. The maximum absolute atomic E-state index is 2.59. The topological polar surface area (TPSA) is 9.86 Å². The SMILES string of the molecule is CC1(C)c2ccccc2-c2c1c1cccc(-c3cccc4c5c6c7ccc8ccccc8c7n(-c7ccccc7)c6c6ccccc6c5n(-c5ccccc5)c34)c1c1ccccc21. The van der Waals surface area contributed by atoms with Crippen LogP contribution in [0.1, 0.15) is 25.0 Å². The Morgan fingerprint density at radius 1 is 0.302 bits per heavy atom. The van der Waals surface area contributed by atoms with E-state index in [0.717, 1.165) is 11.4 Å². The van der Waals surface area contributed by atoms with E-state index in [-0.39, 0.29) is 5.41 Å². The molecule has 11 aromatic carbocycles. The summed E-state index contributed by atoms with van der Waals surface area (Å²) in [4.78, 5) is 0. The maximum atomic E-state index is 2.59. The van der Waals surface area contributed by atoms with Crippen molar-refractivity contribution in [2.75, 3.05) is 0 Å². The van der Waals surface area contributed by atoms with Crippen LogP contribution in [-0.4, -0.2) is 9.13 Å². The second-order valence-electron chi connectivity index (χ2n) is 17.9. The molecule has 0 spiro atoms. The Morgan fingerprint density at radius 3 is 1.49 bits per heavy atom. The van der Waals surface area contributed by atoms with Gasteiger partial charge in [-0.15, -0.1) is 0 Å². The fourth-order valence-electron chi connectivity index (χ4n) is 12.0. The summed E-state index contributed by atoms with van der Waals surface area (Å²) in [5, 5.41) is 15.3. The van der Waals surface area contributed by atoms with Crippen LogP contribution in [0.4, 0.5) is 0 Å². The Hall–Kier alpha value is -7.94. The smallest absolute Gasteiger partial charge is 0.0627 e. The predicted octanol–water partition coefficient (Wildman–Crippen LogP) is 16.5. The molecule has 0 bridgehead atoms. The average Bonchev–Trinajstić information content (AvgIpc) is 3.96. The van der Waals surface area contributed by atoms with Crippen LogP contribution in [0, 0.1) is 0 Å². The van der Waals surface area contributed by atoms with Gasteiger partial charge in [-0.05, 0) is 79.0 Å². The lowest BCUT2D eigenvalue weighted by Crippen LogP contribution is -2.15. The lowest BCUT2D eigenvalue weighted by Gasteiger charge is -2.25. The van der Waals surface area contributed by atoms with Gasteiger partial charge in [0.2, 0.25) is 0 Å². The largest absolute Gasteiger partial charge is 0.308 e. The van der Waals surface area contributed by atoms with E-state index in [1.165, 1.54) is 120 Å². The molecule has 2 aromatic heterocycles. The Balaban J connectivity index is 1.23. The molecule has 2 nitrogen and oxygen atoms in total. The molecule has 14 rings (SSSR count). The molecule has 0 fully saturated rings. The molecule has 0 radical (unpaired) electrons. The van der Waals surface area contributed by atoms with Crippen LogP contribution in [0.3, 0.4) is 0 Å². The summed E-state index contributed by atoms with van der Waals surface area (Å²) in [6.07, 6.45) is 0. The molecule has 1 aliphatic rings. The van der Waals surface area contributed by atoms with Crippen molar-refractivity contribution in [1.29, 1.82) is 0 Å². The summed E-state index contributed by atoms with van der Waals surface area (Å²) in [7, 11) is 0. The first kappa shape index (κ1) is 34.7. The molecule has 1 aliphatic carbocycles. The van der Waals surface area contributed by atoms with Gasteiger partial charge in [0.15, 0.2) is 0 Å². The number of hydrogen-bond acceptors (Lipinski definition) is 0. The Morgan fingerprint density at radius 2 is 0.794 bits per heavy atom. The van der Waals surface area contributed by atoms with Gasteiger partial charge in [0.1, 0.15) is 0 Å². The highest BCUT2D eigenvalue weighted by Crippen LogP contribution is 2.56. The molecule has 0 amide bonds. The van der Waals surface area contributed by atoms with Crippen LogP contribution < -0.4 is 0 Å². The van der Waals surface area contributed by atoms with E-state index in [2.05, 4.69) is 229 Å². The summed E-state index contributed by atoms with van der Waals surface area (Å²) >= 11 is 0. The van der Waals surface area contributed by atoms with Crippen molar-refractivity contribution in [1.82, 2.24) is 9.13 Å². The zero-order valence-electron chi connectivity index (χ0n) is 35.0. The van der Waals surface area contributed by atoms with Crippen molar-refractivity contribution in [2.45, 2.75) is 19.3 Å². The van der Waals surface area contributed by atoms with E-state index in [9.17, 15) is 0 Å². The molecule has 13 aromatic rings. The predicted molar refractivity (Wildman–Crippen MR) is 268 cm³/mol. The van der Waals surface area contributed by atoms with Crippen LogP contribution in [0.15, 0.2) is 206 Å². The zero-order valence-corrected chi connectivity index (χ0v) is 35.0. The summed E-state index contributed by atoms with van der Waals surface area (Å²) in [5.74, 6) is 0. The van der Waals surface area contributed by atoms with E-state index in [1.807, 2.05) is 0 Å².